The first kappa shape index (κ1) is 31.6. The average Bonchev–Trinajstić information content (AvgIpc) is 3.00. The molecule has 2 amide bonds. The van der Waals surface area contributed by atoms with E-state index in [1.165, 1.54) is 36.5 Å². The molecule has 43 heavy (non-hydrogen) atoms. The third kappa shape index (κ3) is 9.57. The van der Waals surface area contributed by atoms with Gasteiger partial charge >= 0.3 is 0 Å². The summed E-state index contributed by atoms with van der Waals surface area (Å²) < 4.78 is 33.3. The molecule has 0 aliphatic carbocycles. The summed E-state index contributed by atoms with van der Waals surface area (Å²) in [6, 6.07) is 28.5. The van der Waals surface area contributed by atoms with Gasteiger partial charge in [-0.1, -0.05) is 71.7 Å². The number of amides is 2. The number of carbonyl (C=O) groups is 2. The number of carbonyl (C=O) groups excluding carboxylic acids is 2. The van der Waals surface area contributed by atoms with Crippen molar-refractivity contribution in [1.29, 1.82) is 0 Å². The molecule has 0 unspecified atom stereocenters. The molecule has 4 aromatic carbocycles. The number of sulfonamides is 1. The standard InChI is InChI=1S/C31H28Cl2N4O5S/c32-25-17-26(33)19-27(18-25)37(43(40,41)29-9-5-2-6-10-29)21-30(38)36-35-20-24-11-13-28(14-12-24)42-22-31(39)34-16-15-23-7-3-1-4-8-23/h1-14,17-20H,15-16,21-22H2,(H,34,39)(H,36,38)/b35-20-. The predicted octanol–water partition coefficient (Wildman–Crippen LogP) is 5.08. The Kier molecular flexibility index (Phi) is 11.2. The lowest BCUT2D eigenvalue weighted by Crippen LogP contribution is -2.39. The van der Waals surface area contributed by atoms with Gasteiger partial charge in [-0.05, 0) is 72.1 Å². The minimum atomic E-state index is -4.13. The summed E-state index contributed by atoms with van der Waals surface area (Å²) >= 11 is 12.2. The van der Waals surface area contributed by atoms with Crippen LogP contribution in [0.5, 0.6) is 5.75 Å². The normalized spacial score (nSPS) is 11.2. The van der Waals surface area contributed by atoms with E-state index in [2.05, 4.69) is 15.8 Å². The van der Waals surface area contributed by atoms with Gasteiger partial charge in [-0.3, -0.25) is 13.9 Å². The number of hydrogen-bond donors (Lipinski definition) is 2. The third-order valence-electron chi connectivity index (χ3n) is 5.99. The fourth-order valence-electron chi connectivity index (χ4n) is 3.90. The number of benzene rings is 4. The molecule has 12 heteroatoms. The Morgan fingerprint density at radius 3 is 2.12 bits per heavy atom. The van der Waals surface area contributed by atoms with Crippen LogP contribution in [0.1, 0.15) is 11.1 Å². The number of hydrazone groups is 1. The molecule has 0 aromatic heterocycles. The molecule has 222 valence electrons. The minimum absolute atomic E-state index is 0.00521. The summed E-state index contributed by atoms with van der Waals surface area (Å²) in [6.45, 7) is -0.194. The Morgan fingerprint density at radius 1 is 0.837 bits per heavy atom. The van der Waals surface area contributed by atoms with E-state index in [4.69, 9.17) is 27.9 Å². The second-order valence-electron chi connectivity index (χ2n) is 9.19. The van der Waals surface area contributed by atoms with E-state index in [0.29, 0.717) is 17.9 Å². The largest absolute Gasteiger partial charge is 0.484 e. The molecule has 4 rings (SSSR count). The van der Waals surface area contributed by atoms with E-state index in [9.17, 15) is 18.0 Å². The minimum Gasteiger partial charge on any atom is -0.484 e. The van der Waals surface area contributed by atoms with E-state index in [-0.39, 0.29) is 33.1 Å². The summed E-state index contributed by atoms with van der Waals surface area (Å²) in [5.74, 6) is -0.431. The number of nitrogens with one attached hydrogen (secondary N) is 2. The fraction of sp³-hybridized carbons (Fsp3) is 0.129. The summed E-state index contributed by atoms with van der Waals surface area (Å²) in [5, 5.41) is 7.18. The van der Waals surface area contributed by atoms with Crippen molar-refractivity contribution < 1.29 is 22.7 Å². The van der Waals surface area contributed by atoms with Gasteiger partial charge in [0.15, 0.2) is 6.61 Å². The Bertz CT molecular complexity index is 1650. The second kappa shape index (κ2) is 15.2. The molecule has 9 nitrogen and oxygen atoms in total. The first-order valence-corrected chi connectivity index (χ1v) is 15.3. The van der Waals surface area contributed by atoms with Gasteiger partial charge in [0.05, 0.1) is 16.8 Å². The number of rotatable bonds is 13. The Labute approximate surface area is 260 Å². The van der Waals surface area contributed by atoms with Gasteiger partial charge in [-0.25, -0.2) is 13.8 Å². The van der Waals surface area contributed by atoms with E-state index in [1.807, 2.05) is 30.3 Å². The summed E-state index contributed by atoms with van der Waals surface area (Å²) in [4.78, 5) is 24.8. The maximum absolute atomic E-state index is 13.4. The van der Waals surface area contributed by atoms with Crippen molar-refractivity contribution in [2.45, 2.75) is 11.3 Å². The lowest BCUT2D eigenvalue weighted by molar-refractivity contribution is -0.123. The number of hydrogen-bond acceptors (Lipinski definition) is 6. The van der Waals surface area contributed by atoms with Crippen LogP contribution in [-0.2, 0) is 26.0 Å². The molecule has 4 aromatic rings. The van der Waals surface area contributed by atoms with E-state index < -0.39 is 22.5 Å². The van der Waals surface area contributed by atoms with Gasteiger partial charge in [0.25, 0.3) is 21.8 Å². The number of ether oxygens (including phenoxy) is 1. The summed E-state index contributed by atoms with van der Waals surface area (Å²) in [5.41, 5.74) is 4.24. The zero-order valence-electron chi connectivity index (χ0n) is 22.8. The van der Waals surface area contributed by atoms with Gasteiger partial charge in [0.2, 0.25) is 0 Å². The predicted molar refractivity (Wildman–Crippen MR) is 168 cm³/mol. The zero-order chi connectivity index (χ0) is 30.7. The van der Waals surface area contributed by atoms with Crippen molar-refractivity contribution >= 4 is 56.9 Å². The van der Waals surface area contributed by atoms with Crippen LogP contribution in [0.3, 0.4) is 0 Å². The van der Waals surface area contributed by atoms with E-state index >= 15 is 0 Å². The van der Waals surface area contributed by atoms with E-state index in [0.717, 1.165) is 16.3 Å². The second-order valence-corrected chi connectivity index (χ2v) is 11.9. The molecule has 0 saturated carbocycles. The van der Waals surface area contributed by atoms with Gasteiger partial charge in [0, 0.05) is 16.6 Å². The van der Waals surface area contributed by atoms with Gasteiger partial charge in [-0.2, -0.15) is 5.10 Å². The average molecular weight is 640 g/mol. The van der Waals surface area contributed by atoms with Crippen LogP contribution >= 0.6 is 23.2 Å². The first-order valence-electron chi connectivity index (χ1n) is 13.1. The molecule has 0 radical (unpaired) electrons. The fourth-order valence-corrected chi connectivity index (χ4v) is 5.84. The SMILES string of the molecule is O=C(COc1ccc(/C=N\NC(=O)CN(c2cc(Cl)cc(Cl)c2)S(=O)(=O)c2ccccc2)cc1)NCCc1ccccc1. The third-order valence-corrected chi connectivity index (χ3v) is 8.21. The van der Waals surface area contributed by atoms with Gasteiger partial charge in [0.1, 0.15) is 12.3 Å². The first-order chi connectivity index (χ1) is 20.7. The molecule has 2 N–H and O–H groups in total. The van der Waals surface area contributed by atoms with Crippen molar-refractivity contribution in [3.63, 3.8) is 0 Å². The molecular formula is C31H28Cl2N4O5S. The van der Waals surface area contributed by atoms with Crippen LogP contribution in [0.15, 0.2) is 113 Å². The van der Waals surface area contributed by atoms with Crippen LogP contribution in [0.4, 0.5) is 5.69 Å². The van der Waals surface area contributed by atoms with Crippen molar-refractivity contribution in [3.8, 4) is 5.75 Å². The van der Waals surface area contributed by atoms with Crippen LogP contribution in [-0.4, -0.2) is 46.1 Å². The summed E-state index contributed by atoms with van der Waals surface area (Å²) in [6.07, 6.45) is 2.12. The molecule has 0 aliphatic heterocycles. The van der Waals surface area contributed by atoms with Crippen molar-refractivity contribution in [2.24, 2.45) is 5.10 Å². The van der Waals surface area contributed by atoms with E-state index in [1.54, 1.807) is 42.5 Å². The maximum atomic E-state index is 13.4. The smallest absolute Gasteiger partial charge is 0.264 e. The molecule has 0 bridgehead atoms. The molecule has 0 heterocycles. The Hall–Kier alpha value is -4.38. The monoisotopic (exact) mass is 638 g/mol. The lowest BCUT2D eigenvalue weighted by atomic mass is 10.1. The molecular weight excluding hydrogens is 611 g/mol. The van der Waals surface area contributed by atoms with Crippen LogP contribution in [0.2, 0.25) is 10.0 Å². The number of nitrogens with zero attached hydrogens (tertiary/aromatic N) is 2. The van der Waals surface area contributed by atoms with Crippen molar-refractivity contribution in [3.05, 3.63) is 124 Å². The molecule has 0 fully saturated rings. The molecule has 0 spiro atoms. The lowest BCUT2D eigenvalue weighted by Gasteiger charge is -2.24. The highest BCUT2D eigenvalue weighted by Crippen LogP contribution is 2.29. The van der Waals surface area contributed by atoms with Crippen molar-refractivity contribution in [1.82, 2.24) is 10.7 Å². The summed E-state index contributed by atoms with van der Waals surface area (Å²) in [7, 11) is -4.13. The Morgan fingerprint density at radius 2 is 1.47 bits per heavy atom. The van der Waals surface area contributed by atoms with Crippen LogP contribution in [0.25, 0.3) is 0 Å². The molecule has 0 saturated heterocycles. The zero-order valence-corrected chi connectivity index (χ0v) is 25.1. The van der Waals surface area contributed by atoms with Crippen LogP contribution in [0, 0.1) is 0 Å². The maximum Gasteiger partial charge on any atom is 0.264 e. The highest BCUT2D eigenvalue weighted by atomic mass is 35.5. The van der Waals surface area contributed by atoms with Crippen LogP contribution < -0.4 is 19.8 Å². The van der Waals surface area contributed by atoms with Crippen molar-refractivity contribution in [2.75, 3.05) is 24.0 Å². The highest BCUT2D eigenvalue weighted by Gasteiger charge is 2.27. The highest BCUT2D eigenvalue weighted by molar-refractivity contribution is 7.92. The van der Waals surface area contributed by atoms with Gasteiger partial charge in [-0.15, -0.1) is 0 Å². The topological polar surface area (TPSA) is 117 Å². The molecule has 0 atom stereocenters. The van der Waals surface area contributed by atoms with Gasteiger partial charge < -0.3 is 10.1 Å². The molecule has 0 aliphatic rings. The Balaban J connectivity index is 1.31. The number of halogens is 2. The quantitative estimate of drug-likeness (QED) is 0.156. The number of anilines is 1.